The normalized spacial score (nSPS) is 22.2. The molecule has 0 radical (unpaired) electrons. The maximum Gasteiger partial charge on any atom is 0.441 e. The van der Waals surface area contributed by atoms with Gasteiger partial charge in [0, 0.05) is 18.9 Å². The van der Waals surface area contributed by atoms with Crippen LogP contribution in [-0.4, -0.2) is 25.9 Å². The third-order valence-electron chi connectivity index (χ3n) is 4.20. The molecule has 2 aromatic rings. The van der Waals surface area contributed by atoms with Crippen LogP contribution in [0.15, 0.2) is 27.8 Å². The molecule has 3 rings (SSSR count). The Morgan fingerprint density at radius 3 is 2.43 bits per heavy atom. The van der Waals surface area contributed by atoms with Gasteiger partial charge in [-0.15, -0.1) is 0 Å². The van der Waals surface area contributed by atoms with Crippen molar-refractivity contribution in [3.05, 3.63) is 29.0 Å². The summed E-state index contributed by atoms with van der Waals surface area (Å²) < 4.78 is 44.1. The van der Waals surface area contributed by atoms with Gasteiger partial charge in [-0.2, -0.15) is 13.2 Å². The van der Waals surface area contributed by atoms with Crippen molar-refractivity contribution in [1.29, 1.82) is 0 Å². The summed E-state index contributed by atoms with van der Waals surface area (Å²) in [6.07, 6.45) is -0.104. The van der Waals surface area contributed by atoms with Gasteiger partial charge in [-0.05, 0) is 37.7 Å². The minimum absolute atomic E-state index is 0.0202. The molecule has 0 bridgehead atoms. The van der Waals surface area contributed by atoms with E-state index in [0.717, 1.165) is 0 Å². The van der Waals surface area contributed by atoms with Crippen molar-refractivity contribution in [2.75, 3.05) is 0 Å². The van der Waals surface area contributed by atoms with E-state index in [1.54, 1.807) is 6.07 Å². The summed E-state index contributed by atoms with van der Waals surface area (Å²) in [7, 11) is 0. The third-order valence-corrected chi connectivity index (χ3v) is 4.20. The van der Waals surface area contributed by atoms with Crippen LogP contribution in [0.3, 0.4) is 0 Å². The smallest absolute Gasteiger partial charge is 0.295 e. The Bertz CT molecular complexity index is 703. The molecule has 124 valence electrons. The molecule has 1 aliphatic carbocycles. The fourth-order valence-electron chi connectivity index (χ4n) is 2.93. The highest BCUT2D eigenvalue weighted by Crippen LogP contribution is 2.39. The zero-order valence-electron chi connectivity index (χ0n) is 12.2. The largest absolute Gasteiger partial charge is 0.441 e. The van der Waals surface area contributed by atoms with Crippen LogP contribution in [0, 0.1) is 11.8 Å². The van der Waals surface area contributed by atoms with Gasteiger partial charge >= 0.3 is 11.9 Å². The number of nitrogens with zero attached hydrogens (tertiary/aromatic N) is 4. The Morgan fingerprint density at radius 1 is 1.17 bits per heavy atom. The Hall–Kier alpha value is -2.19. The van der Waals surface area contributed by atoms with E-state index in [0.29, 0.717) is 12.8 Å². The summed E-state index contributed by atoms with van der Waals surface area (Å²) in [5, 5.41) is 3.68. The first-order valence-corrected chi connectivity index (χ1v) is 7.36. The molecule has 0 N–H and O–H groups in total. The molecule has 2 heterocycles. The van der Waals surface area contributed by atoms with E-state index in [1.165, 1.54) is 17.0 Å². The topological polar surface area (TPSA) is 73.8 Å². The zero-order valence-corrected chi connectivity index (χ0v) is 12.2. The molecule has 1 saturated carbocycles. The van der Waals surface area contributed by atoms with Gasteiger partial charge in [0.25, 0.3) is 0 Å². The lowest BCUT2D eigenvalue weighted by Gasteiger charge is -2.29. The molecule has 0 aliphatic heterocycles. The van der Waals surface area contributed by atoms with Crippen LogP contribution in [0.4, 0.5) is 13.2 Å². The van der Waals surface area contributed by atoms with Crippen molar-refractivity contribution in [3.8, 4) is 11.6 Å². The molecule has 9 heteroatoms. The summed E-state index contributed by atoms with van der Waals surface area (Å²) in [6.45, 7) is 0.264. The first-order valence-electron chi connectivity index (χ1n) is 7.36. The first kappa shape index (κ1) is 15.7. The van der Waals surface area contributed by atoms with Crippen LogP contribution < -0.4 is 5.76 Å². The number of halogens is 3. The monoisotopic (exact) mass is 328 g/mol. The summed E-state index contributed by atoms with van der Waals surface area (Å²) in [5.74, 6) is -1.45. The second-order valence-electron chi connectivity index (χ2n) is 5.71. The molecule has 0 saturated heterocycles. The fourth-order valence-corrected chi connectivity index (χ4v) is 2.93. The summed E-state index contributed by atoms with van der Waals surface area (Å²) in [4.78, 5) is 19.8. The zero-order chi connectivity index (χ0) is 16.4. The van der Waals surface area contributed by atoms with Gasteiger partial charge in [0.15, 0.2) is 5.82 Å². The van der Waals surface area contributed by atoms with Crippen molar-refractivity contribution < 1.29 is 17.7 Å². The standard InChI is InChI=1S/C14H15F3N4O2/c15-14(16,17)10-4-2-9(3-5-10)8-21-12(20-23-13(21)22)11-18-6-1-7-19-11/h1,6-7,9-10H,2-5,8H2. The molecule has 0 amide bonds. The van der Waals surface area contributed by atoms with Gasteiger partial charge in [-0.25, -0.2) is 14.8 Å². The van der Waals surface area contributed by atoms with Gasteiger partial charge in [0.1, 0.15) is 0 Å². The van der Waals surface area contributed by atoms with Crippen molar-refractivity contribution in [2.24, 2.45) is 11.8 Å². The van der Waals surface area contributed by atoms with E-state index >= 15 is 0 Å². The highest BCUT2D eigenvalue weighted by molar-refractivity contribution is 5.41. The van der Waals surface area contributed by atoms with Gasteiger partial charge < -0.3 is 0 Å². The second-order valence-corrected chi connectivity index (χ2v) is 5.71. The van der Waals surface area contributed by atoms with E-state index in [2.05, 4.69) is 19.6 Å². The van der Waals surface area contributed by atoms with Crippen molar-refractivity contribution in [2.45, 2.75) is 38.4 Å². The van der Waals surface area contributed by atoms with Gasteiger partial charge in [0.2, 0.25) is 5.82 Å². The molecule has 0 aromatic carbocycles. The number of rotatable bonds is 3. The lowest BCUT2D eigenvalue weighted by Crippen LogP contribution is -2.30. The quantitative estimate of drug-likeness (QED) is 0.866. The van der Waals surface area contributed by atoms with Crippen LogP contribution in [0.1, 0.15) is 25.7 Å². The van der Waals surface area contributed by atoms with Gasteiger partial charge in [-0.1, -0.05) is 5.16 Å². The van der Waals surface area contributed by atoms with Gasteiger partial charge in [0.05, 0.1) is 5.92 Å². The molecular formula is C14H15F3N4O2. The average Bonchev–Trinajstić information content (AvgIpc) is 2.89. The average molecular weight is 328 g/mol. The molecule has 0 atom stereocenters. The third kappa shape index (κ3) is 3.43. The Morgan fingerprint density at radius 2 is 1.83 bits per heavy atom. The van der Waals surface area contributed by atoms with Crippen LogP contribution in [0.25, 0.3) is 11.6 Å². The molecule has 23 heavy (non-hydrogen) atoms. The van der Waals surface area contributed by atoms with Crippen molar-refractivity contribution in [1.82, 2.24) is 19.7 Å². The summed E-state index contributed by atoms with van der Waals surface area (Å²) >= 11 is 0. The van der Waals surface area contributed by atoms with E-state index in [9.17, 15) is 18.0 Å². The molecule has 0 spiro atoms. The molecule has 1 aliphatic rings. The molecule has 6 nitrogen and oxygen atoms in total. The minimum Gasteiger partial charge on any atom is -0.295 e. The molecule has 2 aromatic heterocycles. The maximum atomic E-state index is 12.7. The predicted molar refractivity (Wildman–Crippen MR) is 73.3 cm³/mol. The van der Waals surface area contributed by atoms with Crippen LogP contribution in [0.2, 0.25) is 0 Å². The van der Waals surface area contributed by atoms with Crippen LogP contribution in [-0.2, 0) is 6.54 Å². The Balaban J connectivity index is 1.73. The van der Waals surface area contributed by atoms with E-state index in [-0.39, 0.29) is 37.0 Å². The fraction of sp³-hybridized carbons (Fsp3) is 0.571. The number of alkyl halides is 3. The molecule has 0 unspecified atom stereocenters. The molecule has 1 fully saturated rings. The highest BCUT2D eigenvalue weighted by atomic mass is 19.4. The van der Waals surface area contributed by atoms with Crippen molar-refractivity contribution >= 4 is 0 Å². The molecular weight excluding hydrogens is 313 g/mol. The SMILES string of the molecule is O=c1onc(-c2ncccn2)n1CC1CCC(C(F)(F)F)CC1. The minimum atomic E-state index is -4.14. The maximum absolute atomic E-state index is 12.7. The highest BCUT2D eigenvalue weighted by Gasteiger charge is 2.41. The van der Waals surface area contributed by atoms with Crippen molar-refractivity contribution in [3.63, 3.8) is 0 Å². The van der Waals surface area contributed by atoms with Gasteiger partial charge in [-0.3, -0.25) is 9.09 Å². The van der Waals surface area contributed by atoms with E-state index in [1.807, 2.05) is 0 Å². The summed E-state index contributed by atoms with van der Waals surface area (Å²) in [6, 6.07) is 1.63. The first-order chi connectivity index (χ1) is 10.9. The number of aromatic nitrogens is 4. The van der Waals surface area contributed by atoms with Crippen LogP contribution in [0.5, 0.6) is 0 Å². The Labute approximate surface area is 129 Å². The number of hydrogen-bond donors (Lipinski definition) is 0. The lowest BCUT2D eigenvalue weighted by atomic mass is 9.81. The van der Waals surface area contributed by atoms with E-state index < -0.39 is 17.9 Å². The van der Waals surface area contributed by atoms with E-state index in [4.69, 9.17) is 0 Å². The number of hydrogen-bond acceptors (Lipinski definition) is 5. The lowest BCUT2D eigenvalue weighted by molar-refractivity contribution is -0.184. The second kappa shape index (κ2) is 6.13. The Kier molecular flexibility index (Phi) is 4.18. The summed E-state index contributed by atoms with van der Waals surface area (Å²) in [5.41, 5.74) is 0. The van der Waals surface area contributed by atoms with Crippen LogP contribution >= 0.6 is 0 Å². The predicted octanol–water partition coefficient (Wildman–Crippen LogP) is 2.66.